The summed E-state index contributed by atoms with van der Waals surface area (Å²) in [5, 5.41) is 17.7. The van der Waals surface area contributed by atoms with Crippen LogP contribution in [0.25, 0.3) is 11.4 Å². The van der Waals surface area contributed by atoms with Gasteiger partial charge in [-0.3, -0.25) is 0 Å². The number of benzene rings is 1. The molecular formula is C21H24N8O. The van der Waals surface area contributed by atoms with Crippen LogP contribution in [-0.4, -0.2) is 44.3 Å². The lowest BCUT2D eigenvalue weighted by molar-refractivity contribution is 0.251. The first kappa shape index (κ1) is 18.5. The fraction of sp³-hybridized carbons (Fsp3) is 0.381. The monoisotopic (exact) mass is 404 g/mol. The number of hydrogen-bond acceptors (Lipinski definition) is 6. The first-order chi connectivity index (χ1) is 14.8. The number of nitrogens with zero attached hydrogens (tertiary/aromatic N) is 6. The van der Waals surface area contributed by atoms with Gasteiger partial charge in [0, 0.05) is 37.1 Å². The molecule has 1 saturated carbocycles. The van der Waals surface area contributed by atoms with Crippen LogP contribution in [-0.2, 0) is 6.54 Å². The lowest BCUT2D eigenvalue weighted by Gasteiger charge is -2.16. The van der Waals surface area contributed by atoms with Gasteiger partial charge >= 0.3 is 6.03 Å². The Morgan fingerprint density at radius 1 is 1.07 bits per heavy atom. The van der Waals surface area contributed by atoms with Gasteiger partial charge in [-0.1, -0.05) is 6.07 Å². The highest BCUT2D eigenvalue weighted by molar-refractivity contribution is 5.89. The van der Waals surface area contributed by atoms with E-state index in [9.17, 15) is 4.79 Å². The number of pyridine rings is 1. The molecule has 9 heteroatoms. The molecule has 1 aliphatic heterocycles. The lowest BCUT2D eigenvalue weighted by atomic mass is 10.2. The summed E-state index contributed by atoms with van der Waals surface area (Å²) >= 11 is 0. The molecule has 1 aromatic carbocycles. The number of hydrogen-bond donors (Lipinski definition) is 2. The number of anilines is 2. The molecule has 5 rings (SSSR count). The average Bonchev–Trinajstić information content (AvgIpc) is 3.26. The molecule has 30 heavy (non-hydrogen) atoms. The summed E-state index contributed by atoms with van der Waals surface area (Å²) in [5.41, 5.74) is 2.61. The Balaban J connectivity index is 1.14. The number of carbonyl (C=O) groups excluding carboxylic acids is 1. The standard InChI is InChI=1S/C21H24N8O/c30-21(23-14-15-3-10-19(22-13-15)28-11-1-2-12-28)24-17-6-4-16(5-7-17)20-25-26-27-29(20)18-8-9-18/h3-7,10,13,18H,1-2,8-9,11-12,14H2,(H2,23,24,30). The second-order valence-electron chi connectivity index (χ2n) is 7.78. The molecule has 0 atom stereocenters. The molecule has 0 unspecified atom stereocenters. The Bertz CT molecular complexity index is 1000. The van der Waals surface area contributed by atoms with Gasteiger partial charge in [0.1, 0.15) is 5.82 Å². The van der Waals surface area contributed by atoms with Gasteiger partial charge in [-0.05, 0) is 72.0 Å². The van der Waals surface area contributed by atoms with Crippen molar-refractivity contribution < 1.29 is 4.79 Å². The molecule has 0 radical (unpaired) electrons. The predicted molar refractivity (Wildman–Crippen MR) is 113 cm³/mol. The van der Waals surface area contributed by atoms with Crippen LogP contribution in [0.1, 0.15) is 37.3 Å². The van der Waals surface area contributed by atoms with E-state index < -0.39 is 0 Å². The predicted octanol–water partition coefficient (Wildman–Crippen LogP) is 2.99. The topological polar surface area (TPSA) is 101 Å². The summed E-state index contributed by atoms with van der Waals surface area (Å²) in [6.07, 6.45) is 6.52. The van der Waals surface area contributed by atoms with Crippen molar-refractivity contribution in [3.63, 3.8) is 0 Å². The Morgan fingerprint density at radius 3 is 2.57 bits per heavy atom. The van der Waals surface area contributed by atoms with Gasteiger partial charge in [0.25, 0.3) is 0 Å². The number of tetrazole rings is 1. The van der Waals surface area contributed by atoms with Crippen LogP contribution in [0.15, 0.2) is 42.6 Å². The van der Waals surface area contributed by atoms with Crippen LogP contribution >= 0.6 is 0 Å². The maximum atomic E-state index is 12.2. The van der Waals surface area contributed by atoms with Gasteiger partial charge in [-0.25, -0.2) is 14.5 Å². The van der Waals surface area contributed by atoms with Crippen LogP contribution in [0, 0.1) is 0 Å². The largest absolute Gasteiger partial charge is 0.357 e. The third-order valence-corrected chi connectivity index (χ3v) is 5.48. The van der Waals surface area contributed by atoms with E-state index in [4.69, 9.17) is 0 Å². The molecule has 2 fully saturated rings. The number of rotatable bonds is 6. The van der Waals surface area contributed by atoms with Crippen molar-refractivity contribution in [2.75, 3.05) is 23.3 Å². The zero-order valence-electron chi connectivity index (χ0n) is 16.7. The summed E-state index contributed by atoms with van der Waals surface area (Å²) in [5.74, 6) is 1.77. The lowest BCUT2D eigenvalue weighted by Crippen LogP contribution is -2.28. The van der Waals surface area contributed by atoms with Gasteiger partial charge < -0.3 is 15.5 Å². The smallest absolute Gasteiger partial charge is 0.319 e. The minimum atomic E-state index is -0.255. The first-order valence-corrected chi connectivity index (χ1v) is 10.4. The van der Waals surface area contributed by atoms with Crippen LogP contribution in [0.4, 0.5) is 16.3 Å². The second kappa shape index (κ2) is 8.10. The van der Waals surface area contributed by atoms with Crippen molar-refractivity contribution in [3.8, 4) is 11.4 Å². The third kappa shape index (κ3) is 4.10. The molecule has 1 aliphatic carbocycles. The van der Waals surface area contributed by atoms with E-state index in [-0.39, 0.29) is 6.03 Å². The summed E-state index contributed by atoms with van der Waals surface area (Å²) in [4.78, 5) is 19.0. The van der Waals surface area contributed by atoms with Crippen LogP contribution in [0.5, 0.6) is 0 Å². The van der Waals surface area contributed by atoms with Crippen molar-refractivity contribution in [3.05, 3.63) is 48.2 Å². The highest BCUT2D eigenvalue weighted by Gasteiger charge is 2.28. The molecule has 154 valence electrons. The number of aromatic nitrogens is 5. The maximum Gasteiger partial charge on any atom is 0.319 e. The molecule has 1 saturated heterocycles. The first-order valence-electron chi connectivity index (χ1n) is 10.4. The summed E-state index contributed by atoms with van der Waals surface area (Å²) in [7, 11) is 0. The van der Waals surface area contributed by atoms with Crippen molar-refractivity contribution in [1.29, 1.82) is 0 Å². The van der Waals surface area contributed by atoms with Gasteiger partial charge in [0.05, 0.1) is 6.04 Å². The Kier molecular flexibility index (Phi) is 5.00. The van der Waals surface area contributed by atoms with Crippen LogP contribution in [0.2, 0.25) is 0 Å². The maximum absolute atomic E-state index is 12.2. The van der Waals surface area contributed by atoms with Crippen molar-refractivity contribution >= 4 is 17.5 Å². The van der Waals surface area contributed by atoms with Crippen molar-refractivity contribution in [2.45, 2.75) is 38.3 Å². The molecule has 2 amide bonds. The third-order valence-electron chi connectivity index (χ3n) is 5.48. The summed E-state index contributed by atoms with van der Waals surface area (Å²) in [6.45, 7) is 2.57. The minimum Gasteiger partial charge on any atom is -0.357 e. The molecule has 0 spiro atoms. The van der Waals surface area contributed by atoms with E-state index in [1.54, 1.807) is 0 Å². The number of amides is 2. The number of nitrogens with one attached hydrogen (secondary N) is 2. The van der Waals surface area contributed by atoms with Crippen molar-refractivity contribution in [1.82, 2.24) is 30.5 Å². The molecule has 3 heterocycles. The molecule has 2 aliphatic rings. The highest BCUT2D eigenvalue weighted by Crippen LogP contribution is 2.36. The Morgan fingerprint density at radius 2 is 1.87 bits per heavy atom. The SMILES string of the molecule is O=C(NCc1ccc(N2CCCC2)nc1)Nc1ccc(-c2nnnn2C2CC2)cc1. The molecular weight excluding hydrogens is 380 g/mol. The van der Waals surface area contributed by atoms with E-state index in [1.807, 2.05) is 47.3 Å². The van der Waals surface area contributed by atoms with Gasteiger partial charge in [0.2, 0.25) is 0 Å². The fourth-order valence-corrected chi connectivity index (χ4v) is 3.66. The molecule has 2 aromatic heterocycles. The quantitative estimate of drug-likeness (QED) is 0.655. The highest BCUT2D eigenvalue weighted by atomic mass is 16.2. The second-order valence-corrected chi connectivity index (χ2v) is 7.78. The van der Waals surface area contributed by atoms with E-state index in [0.29, 0.717) is 18.3 Å². The summed E-state index contributed by atoms with van der Waals surface area (Å²) < 4.78 is 1.87. The van der Waals surface area contributed by atoms with E-state index in [0.717, 1.165) is 48.7 Å². The van der Waals surface area contributed by atoms with Crippen LogP contribution < -0.4 is 15.5 Å². The van der Waals surface area contributed by atoms with E-state index >= 15 is 0 Å². The minimum absolute atomic E-state index is 0.255. The summed E-state index contributed by atoms with van der Waals surface area (Å²) in [6, 6.07) is 11.7. The fourth-order valence-electron chi connectivity index (χ4n) is 3.66. The van der Waals surface area contributed by atoms with E-state index in [1.165, 1.54) is 12.8 Å². The van der Waals surface area contributed by atoms with Gasteiger partial charge in [-0.15, -0.1) is 5.10 Å². The van der Waals surface area contributed by atoms with Gasteiger partial charge in [-0.2, -0.15) is 0 Å². The van der Waals surface area contributed by atoms with Gasteiger partial charge in [0.15, 0.2) is 5.82 Å². The van der Waals surface area contributed by atoms with Crippen molar-refractivity contribution in [2.24, 2.45) is 0 Å². The van der Waals surface area contributed by atoms with Crippen LogP contribution in [0.3, 0.4) is 0 Å². The Hall–Kier alpha value is -3.49. The van der Waals surface area contributed by atoms with E-state index in [2.05, 4.69) is 36.0 Å². The number of carbonyl (C=O) groups is 1. The molecule has 9 nitrogen and oxygen atoms in total. The molecule has 3 aromatic rings. The number of urea groups is 1. The average molecular weight is 404 g/mol. The molecule has 2 N–H and O–H groups in total. The Labute approximate surface area is 174 Å². The zero-order chi connectivity index (χ0) is 20.3. The zero-order valence-corrected chi connectivity index (χ0v) is 16.7. The molecule has 0 bridgehead atoms. The normalized spacial score (nSPS) is 15.9.